The van der Waals surface area contributed by atoms with Crippen LogP contribution in [0.2, 0.25) is 0 Å². The van der Waals surface area contributed by atoms with Crippen molar-refractivity contribution in [3.05, 3.63) is 54.4 Å². The SMILES string of the molecule is Cc1cc(Sc2cc(Br)c(C)c(Br)c2)cc(Br)c1C. The fraction of sp³-hybridized carbons (Fsp3) is 0.200. The Bertz CT molecular complexity index is 534. The molecule has 4 heteroatoms. The molecule has 0 aliphatic rings. The normalized spacial score (nSPS) is 10.8. The summed E-state index contributed by atoms with van der Waals surface area (Å²) in [5.74, 6) is 0. The molecule has 0 nitrogen and oxygen atoms in total. The number of hydrogen-bond acceptors (Lipinski definition) is 1. The molecule has 0 aromatic heterocycles. The predicted octanol–water partition coefficient (Wildman–Crippen LogP) is 7.05. The number of aryl methyl sites for hydroxylation is 1. The number of halogens is 3. The molecule has 100 valence electrons. The molecule has 0 N–H and O–H groups in total. The summed E-state index contributed by atoms with van der Waals surface area (Å²) in [6.07, 6.45) is 0. The Balaban J connectivity index is 2.36. The lowest BCUT2D eigenvalue weighted by Gasteiger charge is -2.10. The van der Waals surface area contributed by atoms with Crippen LogP contribution >= 0.6 is 59.6 Å². The van der Waals surface area contributed by atoms with Crippen molar-refractivity contribution in [3.63, 3.8) is 0 Å². The number of hydrogen-bond donors (Lipinski definition) is 0. The Morgan fingerprint density at radius 2 is 1.11 bits per heavy atom. The third-order valence-electron chi connectivity index (χ3n) is 3.07. The second-order valence-electron chi connectivity index (χ2n) is 4.46. The summed E-state index contributed by atoms with van der Waals surface area (Å²) >= 11 is 12.6. The highest BCUT2D eigenvalue weighted by Gasteiger charge is 2.07. The highest BCUT2D eigenvalue weighted by atomic mass is 79.9. The van der Waals surface area contributed by atoms with E-state index < -0.39 is 0 Å². The zero-order chi connectivity index (χ0) is 14.2. The van der Waals surface area contributed by atoms with Gasteiger partial charge in [-0.15, -0.1) is 0 Å². The lowest BCUT2D eigenvalue weighted by molar-refractivity contribution is 1.24. The van der Waals surface area contributed by atoms with E-state index in [0.29, 0.717) is 0 Å². The minimum atomic E-state index is 1.13. The minimum absolute atomic E-state index is 1.13. The van der Waals surface area contributed by atoms with Gasteiger partial charge < -0.3 is 0 Å². The first-order valence-electron chi connectivity index (χ1n) is 5.78. The van der Waals surface area contributed by atoms with E-state index in [1.807, 2.05) is 0 Å². The van der Waals surface area contributed by atoms with Gasteiger partial charge in [0, 0.05) is 23.2 Å². The summed E-state index contributed by atoms with van der Waals surface area (Å²) in [7, 11) is 0. The fourth-order valence-corrected chi connectivity index (χ4v) is 4.90. The molecule has 0 atom stereocenters. The van der Waals surface area contributed by atoms with E-state index in [-0.39, 0.29) is 0 Å². The highest BCUT2D eigenvalue weighted by Crippen LogP contribution is 2.36. The largest absolute Gasteiger partial charge is 0.0900 e. The van der Waals surface area contributed by atoms with E-state index in [0.717, 1.165) is 8.95 Å². The quantitative estimate of drug-likeness (QED) is 0.458. The first-order chi connectivity index (χ1) is 8.88. The van der Waals surface area contributed by atoms with Crippen LogP contribution in [0.4, 0.5) is 0 Å². The maximum absolute atomic E-state index is 3.62. The molecular formula is C15H13Br3S. The molecule has 2 rings (SSSR count). The standard InChI is InChI=1S/C15H13Br3S/c1-8-4-11(5-13(16)9(8)2)19-12-6-14(17)10(3)15(18)7-12/h4-7H,1-3H3. The van der Waals surface area contributed by atoms with Crippen LogP contribution in [-0.4, -0.2) is 0 Å². The lowest BCUT2D eigenvalue weighted by atomic mass is 10.1. The molecule has 0 unspecified atom stereocenters. The zero-order valence-electron chi connectivity index (χ0n) is 10.9. The summed E-state index contributed by atoms with van der Waals surface area (Å²) in [5.41, 5.74) is 3.84. The monoisotopic (exact) mass is 462 g/mol. The minimum Gasteiger partial charge on any atom is -0.0900 e. The average molecular weight is 465 g/mol. The van der Waals surface area contributed by atoms with Crippen LogP contribution < -0.4 is 0 Å². The molecule has 0 radical (unpaired) electrons. The Morgan fingerprint density at radius 1 is 0.684 bits per heavy atom. The molecule has 0 saturated heterocycles. The van der Waals surface area contributed by atoms with Crippen LogP contribution in [-0.2, 0) is 0 Å². The molecule has 2 aromatic carbocycles. The van der Waals surface area contributed by atoms with Gasteiger partial charge in [-0.1, -0.05) is 59.6 Å². The predicted molar refractivity (Wildman–Crippen MR) is 94.3 cm³/mol. The van der Waals surface area contributed by atoms with Crippen molar-refractivity contribution in [2.24, 2.45) is 0 Å². The second kappa shape index (κ2) is 6.33. The van der Waals surface area contributed by atoms with Crippen LogP contribution in [0.3, 0.4) is 0 Å². The van der Waals surface area contributed by atoms with Gasteiger partial charge in [0.25, 0.3) is 0 Å². The van der Waals surface area contributed by atoms with E-state index in [1.165, 1.54) is 31.0 Å². The van der Waals surface area contributed by atoms with Crippen molar-refractivity contribution in [1.29, 1.82) is 0 Å². The molecule has 0 aliphatic heterocycles. The van der Waals surface area contributed by atoms with Crippen molar-refractivity contribution in [1.82, 2.24) is 0 Å². The Labute approximate surface area is 143 Å². The topological polar surface area (TPSA) is 0 Å². The Hall–Kier alpha value is 0.230. The van der Waals surface area contributed by atoms with E-state index in [9.17, 15) is 0 Å². The molecule has 0 spiro atoms. The van der Waals surface area contributed by atoms with Crippen LogP contribution in [0.5, 0.6) is 0 Å². The molecule has 0 heterocycles. The van der Waals surface area contributed by atoms with Crippen molar-refractivity contribution in [2.75, 3.05) is 0 Å². The van der Waals surface area contributed by atoms with Crippen molar-refractivity contribution >= 4 is 59.6 Å². The third-order valence-corrected chi connectivity index (χ3v) is 6.48. The van der Waals surface area contributed by atoms with Gasteiger partial charge in [0.2, 0.25) is 0 Å². The van der Waals surface area contributed by atoms with E-state index in [4.69, 9.17) is 0 Å². The van der Waals surface area contributed by atoms with Gasteiger partial charge in [0.1, 0.15) is 0 Å². The smallest absolute Gasteiger partial charge is 0.0226 e. The van der Waals surface area contributed by atoms with Crippen LogP contribution in [0.25, 0.3) is 0 Å². The van der Waals surface area contributed by atoms with Gasteiger partial charge in [0.05, 0.1) is 0 Å². The first kappa shape index (κ1) is 15.6. The number of rotatable bonds is 2. The highest BCUT2D eigenvalue weighted by molar-refractivity contribution is 9.11. The zero-order valence-corrected chi connectivity index (χ0v) is 16.4. The molecule has 0 bridgehead atoms. The fourth-order valence-electron chi connectivity index (χ4n) is 1.66. The van der Waals surface area contributed by atoms with Crippen LogP contribution in [0.15, 0.2) is 47.5 Å². The van der Waals surface area contributed by atoms with Gasteiger partial charge >= 0.3 is 0 Å². The van der Waals surface area contributed by atoms with E-state index >= 15 is 0 Å². The molecule has 0 aliphatic carbocycles. The summed E-state index contributed by atoms with van der Waals surface area (Å²) < 4.78 is 3.43. The summed E-state index contributed by atoms with van der Waals surface area (Å²) in [4.78, 5) is 2.47. The molecule has 0 amide bonds. The molecule has 0 saturated carbocycles. The van der Waals surface area contributed by atoms with Gasteiger partial charge in [-0.25, -0.2) is 0 Å². The summed E-state index contributed by atoms with van der Waals surface area (Å²) in [5, 5.41) is 0. The molecule has 0 fully saturated rings. The van der Waals surface area contributed by atoms with Gasteiger partial charge in [0.15, 0.2) is 0 Å². The second-order valence-corrected chi connectivity index (χ2v) is 8.17. The molecule has 19 heavy (non-hydrogen) atoms. The van der Waals surface area contributed by atoms with Gasteiger partial charge in [-0.2, -0.15) is 0 Å². The van der Waals surface area contributed by atoms with Crippen molar-refractivity contribution in [3.8, 4) is 0 Å². The molecular weight excluding hydrogens is 452 g/mol. The lowest BCUT2D eigenvalue weighted by Crippen LogP contribution is -1.85. The van der Waals surface area contributed by atoms with Crippen molar-refractivity contribution < 1.29 is 0 Å². The van der Waals surface area contributed by atoms with Crippen LogP contribution in [0.1, 0.15) is 16.7 Å². The molecule has 2 aromatic rings. The van der Waals surface area contributed by atoms with Gasteiger partial charge in [-0.3, -0.25) is 0 Å². The van der Waals surface area contributed by atoms with Gasteiger partial charge in [-0.05, 0) is 61.7 Å². The van der Waals surface area contributed by atoms with E-state index in [1.54, 1.807) is 11.8 Å². The maximum Gasteiger partial charge on any atom is 0.0226 e. The van der Waals surface area contributed by atoms with Crippen LogP contribution in [0, 0.1) is 20.8 Å². The summed E-state index contributed by atoms with van der Waals surface area (Å²) in [6, 6.07) is 8.73. The number of benzene rings is 2. The Morgan fingerprint density at radius 3 is 1.58 bits per heavy atom. The third kappa shape index (κ3) is 3.66. The average Bonchev–Trinajstić information content (AvgIpc) is 2.33. The Kier molecular flexibility index (Phi) is 5.21. The summed E-state index contributed by atoms with van der Waals surface area (Å²) in [6.45, 7) is 6.37. The first-order valence-corrected chi connectivity index (χ1v) is 8.98. The van der Waals surface area contributed by atoms with Crippen molar-refractivity contribution in [2.45, 2.75) is 30.6 Å². The van der Waals surface area contributed by atoms with E-state index in [2.05, 4.69) is 92.8 Å². The maximum atomic E-state index is 3.62.